The molecule has 0 saturated carbocycles. The molecule has 0 unspecified atom stereocenters. The molecule has 1 saturated heterocycles. The van der Waals surface area contributed by atoms with Crippen molar-refractivity contribution >= 4 is 5.91 Å². The number of nitrogens with one attached hydrogen (secondary N) is 2. The van der Waals surface area contributed by atoms with Gasteiger partial charge in [-0.2, -0.15) is 0 Å². The van der Waals surface area contributed by atoms with Gasteiger partial charge >= 0.3 is 0 Å². The predicted molar refractivity (Wildman–Crippen MR) is 117 cm³/mol. The number of likely N-dealkylation sites (tertiary alicyclic amines) is 1. The summed E-state index contributed by atoms with van der Waals surface area (Å²) in [5.41, 5.74) is 1.75. The monoisotopic (exact) mass is 445 g/mol. The first kappa shape index (κ1) is 22.5. The van der Waals surface area contributed by atoms with E-state index in [-0.39, 0.29) is 30.8 Å². The zero-order chi connectivity index (χ0) is 22.7. The smallest absolute Gasteiger partial charge is 0.237 e. The molecule has 0 aliphatic carbocycles. The van der Waals surface area contributed by atoms with Gasteiger partial charge in [0.2, 0.25) is 12.7 Å². The lowest BCUT2D eigenvalue weighted by Crippen LogP contribution is -2.46. The van der Waals surface area contributed by atoms with Gasteiger partial charge in [0, 0.05) is 31.7 Å². The molecule has 2 N–H and O–H groups in total. The topological polar surface area (TPSA) is 62.8 Å². The summed E-state index contributed by atoms with van der Waals surface area (Å²) in [5.74, 6) is -0.197. The van der Waals surface area contributed by atoms with E-state index in [1.54, 1.807) is 6.07 Å². The minimum atomic E-state index is -0.849. The maximum absolute atomic E-state index is 13.4. The van der Waals surface area contributed by atoms with E-state index in [0.717, 1.165) is 29.7 Å². The fourth-order valence-corrected chi connectivity index (χ4v) is 4.29. The molecule has 2 aliphatic heterocycles. The maximum Gasteiger partial charge on any atom is 0.237 e. The minimum Gasteiger partial charge on any atom is -0.454 e. The Balaban J connectivity index is 1.29. The fourth-order valence-electron chi connectivity index (χ4n) is 4.29. The molecule has 0 aromatic heterocycles. The number of hydrogen-bond donors (Lipinski definition) is 2. The number of amides is 1. The van der Waals surface area contributed by atoms with E-state index in [2.05, 4.69) is 29.4 Å². The highest BCUT2D eigenvalue weighted by atomic mass is 19.2. The molecule has 2 aromatic carbocycles. The third-order valence-corrected chi connectivity index (χ3v) is 6.03. The van der Waals surface area contributed by atoms with Crippen molar-refractivity contribution in [2.45, 2.75) is 51.4 Å². The van der Waals surface area contributed by atoms with E-state index in [1.807, 2.05) is 18.2 Å². The van der Waals surface area contributed by atoms with Gasteiger partial charge in [-0.1, -0.05) is 12.1 Å². The lowest BCUT2D eigenvalue weighted by Gasteiger charge is -2.27. The van der Waals surface area contributed by atoms with Crippen LogP contribution in [0.15, 0.2) is 36.4 Å². The number of carbonyl (C=O) groups is 1. The van der Waals surface area contributed by atoms with E-state index in [0.29, 0.717) is 31.5 Å². The third kappa shape index (κ3) is 5.19. The molecule has 0 spiro atoms. The molecule has 2 aliphatic rings. The number of carbonyl (C=O) groups excluding carboxylic acids is 1. The predicted octanol–water partition coefficient (Wildman–Crippen LogP) is 2.99. The average molecular weight is 446 g/mol. The number of fused-ring (bicyclic) bond motifs is 1. The second-order valence-corrected chi connectivity index (χ2v) is 8.60. The van der Waals surface area contributed by atoms with E-state index < -0.39 is 11.6 Å². The van der Waals surface area contributed by atoms with Crippen molar-refractivity contribution in [3.05, 3.63) is 59.2 Å². The summed E-state index contributed by atoms with van der Waals surface area (Å²) in [5, 5.41) is 6.45. The zero-order valence-corrected chi connectivity index (χ0v) is 18.4. The van der Waals surface area contributed by atoms with Crippen LogP contribution < -0.4 is 20.1 Å². The molecule has 2 heterocycles. The molecular weight excluding hydrogens is 416 g/mol. The summed E-state index contributed by atoms with van der Waals surface area (Å²) in [6.45, 7) is 6.07. The Morgan fingerprint density at radius 2 is 1.88 bits per heavy atom. The normalized spacial score (nSPS) is 20.2. The van der Waals surface area contributed by atoms with Crippen LogP contribution in [-0.2, 0) is 17.8 Å². The quantitative estimate of drug-likeness (QED) is 0.654. The Kier molecular flexibility index (Phi) is 6.91. The largest absolute Gasteiger partial charge is 0.454 e. The number of nitrogens with zero attached hydrogens (tertiary/aromatic N) is 1. The first-order chi connectivity index (χ1) is 15.4. The highest BCUT2D eigenvalue weighted by molar-refractivity contribution is 5.82. The highest BCUT2D eigenvalue weighted by Crippen LogP contribution is 2.32. The third-order valence-electron chi connectivity index (χ3n) is 6.03. The van der Waals surface area contributed by atoms with Gasteiger partial charge in [-0.3, -0.25) is 9.69 Å². The second-order valence-electron chi connectivity index (χ2n) is 8.60. The van der Waals surface area contributed by atoms with Gasteiger partial charge in [0.05, 0.1) is 6.04 Å². The van der Waals surface area contributed by atoms with Gasteiger partial charge in [0.15, 0.2) is 23.1 Å². The lowest BCUT2D eigenvalue weighted by molar-refractivity contribution is -0.126. The Morgan fingerprint density at radius 1 is 1.09 bits per heavy atom. The van der Waals surface area contributed by atoms with Crippen LogP contribution in [0.2, 0.25) is 0 Å². The number of hydrogen-bond acceptors (Lipinski definition) is 5. The molecule has 4 rings (SSSR count). The Labute approximate surface area is 186 Å². The van der Waals surface area contributed by atoms with Crippen molar-refractivity contribution in [2.75, 3.05) is 19.9 Å². The summed E-state index contributed by atoms with van der Waals surface area (Å²) in [6, 6.07) is 9.81. The molecule has 2 atom stereocenters. The van der Waals surface area contributed by atoms with Crippen molar-refractivity contribution < 1.29 is 23.0 Å². The standard InChI is InChI=1S/C24H29F2N3O3/c1-15(2)29-13-18(28-12-17-3-5-19(25)20(26)9-17)11-21(29)24(30)27-8-7-16-4-6-22-23(10-16)32-14-31-22/h3-6,9-10,15,18,21,28H,7-8,11-14H2,1-2H3,(H,27,30)/t18-,21+/m1/s1. The van der Waals surface area contributed by atoms with Crippen LogP contribution in [0.25, 0.3) is 0 Å². The number of rotatable bonds is 8. The first-order valence-electron chi connectivity index (χ1n) is 11.0. The van der Waals surface area contributed by atoms with Crippen molar-refractivity contribution in [2.24, 2.45) is 0 Å². The van der Waals surface area contributed by atoms with E-state index >= 15 is 0 Å². The second kappa shape index (κ2) is 9.83. The van der Waals surface area contributed by atoms with Crippen LogP contribution in [0.4, 0.5) is 8.78 Å². The van der Waals surface area contributed by atoms with Gasteiger partial charge in [-0.05, 0) is 62.1 Å². The van der Waals surface area contributed by atoms with Crippen molar-refractivity contribution in [3.8, 4) is 11.5 Å². The molecule has 172 valence electrons. The summed E-state index contributed by atoms with van der Waals surface area (Å²) >= 11 is 0. The Morgan fingerprint density at radius 3 is 2.66 bits per heavy atom. The molecule has 1 amide bonds. The van der Waals surface area contributed by atoms with Crippen molar-refractivity contribution in [1.29, 1.82) is 0 Å². The van der Waals surface area contributed by atoms with Crippen LogP contribution in [-0.4, -0.2) is 48.8 Å². The average Bonchev–Trinajstić information content (AvgIpc) is 3.41. The molecule has 6 nitrogen and oxygen atoms in total. The van der Waals surface area contributed by atoms with Crippen LogP contribution in [0.1, 0.15) is 31.4 Å². The maximum atomic E-state index is 13.4. The summed E-state index contributed by atoms with van der Waals surface area (Å²) < 4.78 is 37.3. The zero-order valence-electron chi connectivity index (χ0n) is 18.4. The molecule has 32 heavy (non-hydrogen) atoms. The highest BCUT2D eigenvalue weighted by Gasteiger charge is 2.37. The van der Waals surface area contributed by atoms with Crippen LogP contribution in [0.3, 0.4) is 0 Å². The van der Waals surface area contributed by atoms with Crippen LogP contribution in [0, 0.1) is 11.6 Å². The summed E-state index contributed by atoms with van der Waals surface area (Å²) in [7, 11) is 0. The molecule has 0 radical (unpaired) electrons. The SMILES string of the molecule is CC(C)N1C[C@H](NCc2ccc(F)c(F)c2)C[C@H]1C(=O)NCCc1ccc2c(c1)OCO2. The van der Waals surface area contributed by atoms with Crippen molar-refractivity contribution in [1.82, 2.24) is 15.5 Å². The van der Waals surface area contributed by atoms with Crippen molar-refractivity contribution in [3.63, 3.8) is 0 Å². The van der Waals surface area contributed by atoms with Gasteiger partial charge in [-0.15, -0.1) is 0 Å². The molecule has 2 aromatic rings. The summed E-state index contributed by atoms with van der Waals surface area (Å²) in [4.78, 5) is 15.1. The molecule has 8 heteroatoms. The molecule has 0 bridgehead atoms. The van der Waals surface area contributed by atoms with Gasteiger partial charge in [-0.25, -0.2) is 8.78 Å². The van der Waals surface area contributed by atoms with E-state index in [1.165, 1.54) is 6.07 Å². The van der Waals surface area contributed by atoms with Gasteiger partial charge < -0.3 is 20.1 Å². The van der Waals surface area contributed by atoms with Crippen LogP contribution in [0.5, 0.6) is 11.5 Å². The number of ether oxygens (including phenoxy) is 2. The lowest BCUT2D eigenvalue weighted by atomic mass is 10.1. The molecular formula is C24H29F2N3O3. The van der Waals surface area contributed by atoms with Crippen LogP contribution >= 0.6 is 0 Å². The minimum absolute atomic E-state index is 0.0107. The van der Waals surface area contributed by atoms with Gasteiger partial charge in [0.1, 0.15) is 0 Å². The first-order valence-corrected chi connectivity index (χ1v) is 11.0. The van der Waals surface area contributed by atoms with E-state index in [4.69, 9.17) is 9.47 Å². The Bertz CT molecular complexity index is 970. The molecule has 1 fully saturated rings. The summed E-state index contributed by atoms with van der Waals surface area (Å²) in [6.07, 6.45) is 1.37. The Hall–Kier alpha value is -2.71. The van der Waals surface area contributed by atoms with Gasteiger partial charge in [0.25, 0.3) is 0 Å². The van der Waals surface area contributed by atoms with E-state index in [9.17, 15) is 13.6 Å². The fraction of sp³-hybridized carbons (Fsp3) is 0.458. The number of halogens is 2. The number of benzene rings is 2.